The van der Waals surface area contributed by atoms with Crippen LogP contribution in [0.2, 0.25) is 0 Å². The lowest BCUT2D eigenvalue weighted by Gasteiger charge is -2.30. The number of cyclic esters (lactones) is 1. The van der Waals surface area contributed by atoms with E-state index in [1.54, 1.807) is 0 Å². The normalized spacial score (nSPS) is 25.0. The van der Waals surface area contributed by atoms with Gasteiger partial charge < -0.3 is 9.47 Å². The van der Waals surface area contributed by atoms with E-state index in [1.807, 2.05) is 0 Å². The highest BCUT2D eigenvalue weighted by atomic mass is 16.7. The number of hydrogen-bond donors (Lipinski definition) is 0. The molecule has 4 nitrogen and oxygen atoms in total. The van der Waals surface area contributed by atoms with Gasteiger partial charge in [-0.1, -0.05) is 26.2 Å². The highest BCUT2D eigenvalue weighted by molar-refractivity contribution is 5.71. The molecule has 1 saturated heterocycles. The van der Waals surface area contributed by atoms with E-state index in [2.05, 4.69) is 6.92 Å². The highest BCUT2D eigenvalue weighted by Gasteiger charge is 2.32. The Morgan fingerprint density at radius 1 is 1.50 bits per heavy atom. The highest BCUT2D eigenvalue weighted by Crippen LogP contribution is 2.27. The van der Waals surface area contributed by atoms with Gasteiger partial charge in [0.1, 0.15) is 0 Å². The minimum atomic E-state index is -0.657. The molecule has 2 unspecified atom stereocenters. The summed E-state index contributed by atoms with van der Waals surface area (Å²) in [7, 11) is 0. The van der Waals surface area contributed by atoms with Crippen LogP contribution in [0.5, 0.6) is 0 Å². The molecule has 0 aromatic rings. The number of carbonyl (C=O) groups excluding carboxylic acids is 2. The predicted octanol–water partition coefficient (Wildman–Crippen LogP) is 2.41. The maximum atomic E-state index is 11.1. The van der Waals surface area contributed by atoms with Crippen LogP contribution < -0.4 is 0 Å². The van der Waals surface area contributed by atoms with Crippen molar-refractivity contribution in [2.75, 3.05) is 0 Å². The van der Waals surface area contributed by atoms with Crippen molar-refractivity contribution < 1.29 is 19.1 Å². The Labute approximate surface area is 96.3 Å². The number of hydrogen-bond acceptors (Lipinski definition) is 4. The molecule has 92 valence electrons. The molecule has 0 amide bonds. The monoisotopic (exact) mass is 228 g/mol. The molecule has 0 bridgehead atoms. The third-order valence-corrected chi connectivity index (χ3v) is 2.81. The van der Waals surface area contributed by atoms with Crippen LogP contribution in [-0.4, -0.2) is 18.2 Å². The van der Waals surface area contributed by atoms with E-state index in [-0.39, 0.29) is 17.9 Å². The fourth-order valence-electron chi connectivity index (χ4n) is 1.94. The van der Waals surface area contributed by atoms with Gasteiger partial charge in [-0.05, 0) is 12.8 Å². The molecule has 1 aliphatic heterocycles. The number of esters is 2. The minimum Gasteiger partial charge on any atom is -0.425 e. The Kier molecular flexibility index (Phi) is 5.29. The molecule has 0 aromatic heterocycles. The lowest BCUT2D eigenvalue weighted by atomic mass is 9.94. The third kappa shape index (κ3) is 4.21. The van der Waals surface area contributed by atoms with Gasteiger partial charge in [-0.25, -0.2) is 0 Å². The summed E-state index contributed by atoms with van der Waals surface area (Å²) in [6, 6.07) is 0. The summed E-state index contributed by atoms with van der Waals surface area (Å²) in [5.41, 5.74) is 0. The van der Waals surface area contributed by atoms with Crippen LogP contribution in [0, 0.1) is 5.92 Å². The fraction of sp³-hybridized carbons (Fsp3) is 0.833. The van der Waals surface area contributed by atoms with E-state index >= 15 is 0 Å². The Balaban J connectivity index is 2.43. The van der Waals surface area contributed by atoms with Crippen LogP contribution in [0.15, 0.2) is 0 Å². The largest absolute Gasteiger partial charge is 0.425 e. The zero-order valence-corrected chi connectivity index (χ0v) is 10.0. The van der Waals surface area contributed by atoms with Gasteiger partial charge in [-0.3, -0.25) is 9.59 Å². The van der Waals surface area contributed by atoms with Gasteiger partial charge in [0.05, 0.1) is 0 Å². The molecule has 0 aromatic carbocycles. The van der Waals surface area contributed by atoms with Crippen molar-refractivity contribution in [3.8, 4) is 0 Å². The number of carbonyl (C=O) groups is 2. The van der Waals surface area contributed by atoms with E-state index in [0.29, 0.717) is 6.42 Å². The molecule has 0 radical (unpaired) electrons. The van der Waals surface area contributed by atoms with E-state index in [4.69, 9.17) is 9.47 Å². The van der Waals surface area contributed by atoms with E-state index in [0.717, 1.165) is 32.1 Å². The molecule has 2 atom stereocenters. The molecule has 1 heterocycles. The van der Waals surface area contributed by atoms with Crippen molar-refractivity contribution >= 4 is 11.9 Å². The van der Waals surface area contributed by atoms with E-state index in [1.165, 1.54) is 6.92 Å². The number of rotatable bonds is 5. The molecule has 1 fully saturated rings. The number of ether oxygens (including phenoxy) is 2. The van der Waals surface area contributed by atoms with Gasteiger partial charge in [0, 0.05) is 19.3 Å². The van der Waals surface area contributed by atoms with Crippen LogP contribution in [0.4, 0.5) is 0 Å². The molecule has 0 spiro atoms. The first-order valence-corrected chi connectivity index (χ1v) is 6.00. The maximum absolute atomic E-state index is 11.1. The Bertz CT molecular complexity index is 247. The third-order valence-electron chi connectivity index (χ3n) is 2.81. The van der Waals surface area contributed by atoms with Gasteiger partial charge in [0.15, 0.2) is 0 Å². The summed E-state index contributed by atoms with van der Waals surface area (Å²) >= 11 is 0. The Morgan fingerprint density at radius 2 is 2.25 bits per heavy atom. The summed E-state index contributed by atoms with van der Waals surface area (Å²) in [6.07, 6.45) is 4.92. The summed E-state index contributed by atoms with van der Waals surface area (Å²) in [6.45, 7) is 3.48. The first kappa shape index (κ1) is 13.0. The summed E-state index contributed by atoms with van der Waals surface area (Å²) in [4.78, 5) is 22.0. The van der Waals surface area contributed by atoms with Crippen LogP contribution in [0.25, 0.3) is 0 Å². The molecular weight excluding hydrogens is 208 g/mol. The zero-order valence-electron chi connectivity index (χ0n) is 10.0. The fourth-order valence-corrected chi connectivity index (χ4v) is 1.94. The molecule has 0 N–H and O–H groups in total. The van der Waals surface area contributed by atoms with Crippen molar-refractivity contribution in [1.82, 2.24) is 0 Å². The first-order valence-electron chi connectivity index (χ1n) is 6.00. The summed E-state index contributed by atoms with van der Waals surface area (Å²) < 4.78 is 10.1. The second kappa shape index (κ2) is 6.51. The molecule has 1 rings (SSSR count). The van der Waals surface area contributed by atoms with Crippen LogP contribution in [0.3, 0.4) is 0 Å². The standard InChI is InChI=1S/C12H20O4/c1-3-4-5-6-10-7-8-11(14)16-12(10)15-9(2)13/h10,12H,3-8H2,1-2H3. The van der Waals surface area contributed by atoms with Crippen LogP contribution >= 0.6 is 0 Å². The van der Waals surface area contributed by atoms with Crippen molar-refractivity contribution in [1.29, 1.82) is 0 Å². The average molecular weight is 228 g/mol. The summed E-state index contributed by atoms with van der Waals surface area (Å²) in [5.74, 6) is -0.480. The quantitative estimate of drug-likeness (QED) is 0.535. The van der Waals surface area contributed by atoms with Crippen molar-refractivity contribution in [2.24, 2.45) is 5.92 Å². The van der Waals surface area contributed by atoms with Gasteiger partial charge in [0.25, 0.3) is 0 Å². The molecule has 0 aliphatic carbocycles. The zero-order chi connectivity index (χ0) is 12.0. The average Bonchev–Trinajstić information content (AvgIpc) is 2.20. The predicted molar refractivity (Wildman–Crippen MR) is 58.5 cm³/mol. The van der Waals surface area contributed by atoms with E-state index in [9.17, 15) is 9.59 Å². The molecular formula is C12H20O4. The lowest BCUT2D eigenvalue weighted by Crippen LogP contribution is -2.35. The Morgan fingerprint density at radius 3 is 2.88 bits per heavy atom. The van der Waals surface area contributed by atoms with Crippen molar-refractivity contribution in [3.05, 3.63) is 0 Å². The second-order valence-electron chi connectivity index (χ2n) is 4.26. The number of unbranched alkanes of at least 4 members (excludes halogenated alkanes) is 2. The first-order chi connectivity index (χ1) is 7.63. The van der Waals surface area contributed by atoms with E-state index < -0.39 is 6.29 Å². The molecule has 0 saturated carbocycles. The van der Waals surface area contributed by atoms with Crippen molar-refractivity contribution in [2.45, 2.75) is 58.7 Å². The minimum absolute atomic E-state index is 0.174. The maximum Gasteiger partial charge on any atom is 0.308 e. The summed E-state index contributed by atoms with van der Waals surface area (Å²) in [5, 5.41) is 0. The molecule has 1 aliphatic rings. The van der Waals surface area contributed by atoms with Gasteiger partial charge >= 0.3 is 11.9 Å². The topological polar surface area (TPSA) is 52.6 Å². The smallest absolute Gasteiger partial charge is 0.308 e. The van der Waals surface area contributed by atoms with Gasteiger partial charge in [-0.15, -0.1) is 0 Å². The van der Waals surface area contributed by atoms with Crippen LogP contribution in [0.1, 0.15) is 52.4 Å². The van der Waals surface area contributed by atoms with Crippen LogP contribution in [-0.2, 0) is 19.1 Å². The second-order valence-corrected chi connectivity index (χ2v) is 4.26. The SMILES string of the molecule is CCCCCC1CCC(=O)OC1OC(C)=O. The van der Waals surface area contributed by atoms with Crippen molar-refractivity contribution in [3.63, 3.8) is 0 Å². The lowest BCUT2D eigenvalue weighted by molar-refractivity contribution is -0.206. The Hall–Kier alpha value is -1.06. The van der Waals surface area contributed by atoms with Gasteiger partial charge in [-0.2, -0.15) is 0 Å². The van der Waals surface area contributed by atoms with Gasteiger partial charge in [0.2, 0.25) is 6.29 Å². The molecule has 16 heavy (non-hydrogen) atoms. The molecule has 4 heteroatoms.